The number of benzene rings is 2. The van der Waals surface area contributed by atoms with Crippen LogP contribution in [0.4, 0.5) is 4.39 Å². The van der Waals surface area contributed by atoms with Crippen molar-refractivity contribution in [3.05, 3.63) is 68.9 Å². The van der Waals surface area contributed by atoms with Gasteiger partial charge in [0.05, 0.1) is 11.1 Å². The Kier molecular flexibility index (Phi) is 4.78. The first-order chi connectivity index (χ1) is 9.47. The molecule has 0 saturated heterocycles. The number of halogens is 3. The molecule has 0 aromatic heterocycles. The van der Waals surface area contributed by atoms with Gasteiger partial charge in [-0.05, 0) is 42.8 Å². The highest BCUT2D eigenvalue weighted by Gasteiger charge is 2.12. The van der Waals surface area contributed by atoms with E-state index in [4.69, 9.17) is 11.6 Å². The SMILES string of the molecule is CC(NC(=O)c1ccc(F)c(Cl)c1)c1ccc(Br)cc1. The monoisotopic (exact) mass is 355 g/mol. The number of hydrogen-bond acceptors (Lipinski definition) is 1. The Balaban J connectivity index is 2.10. The van der Waals surface area contributed by atoms with Crippen molar-refractivity contribution in [3.8, 4) is 0 Å². The average molecular weight is 357 g/mol. The first kappa shape index (κ1) is 15.0. The summed E-state index contributed by atoms with van der Waals surface area (Å²) in [6, 6.07) is 11.4. The highest BCUT2D eigenvalue weighted by molar-refractivity contribution is 9.10. The van der Waals surface area contributed by atoms with Crippen LogP contribution in [0, 0.1) is 5.82 Å². The third kappa shape index (κ3) is 3.58. The van der Waals surface area contributed by atoms with Gasteiger partial charge in [0.1, 0.15) is 5.82 Å². The zero-order chi connectivity index (χ0) is 14.7. The summed E-state index contributed by atoms with van der Waals surface area (Å²) in [4.78, 5) is 12.1. The predicted octanol–water partition coefficient (Wildman–Crippen LogP) is 4.73. The summed E-state index contributed by atoms with van der Waals surface area (Å²) in [5.41, 5.74) is 1.31. The van der Waals surface area contributed by atoms with Gasteiger partial charge in [0, 0.05) is 10.0 Å². The lowest BCUT2D eigenvalue weighted by molar-refractivity contribution is 0.0940. The minimum Gasteiger partial charge on any atom is -0.346 e. The Hall–Kier alpha value is -1.39. The van der Waals surface area contributed by atoms with Gasteiger partial charge in [0.25, 0.3) is 5.91 Å². The summed E-state index contributed by atoms with van der Waals surface area (Å²) in [5.74, 6) is -0.827. The number of nitrogens with one attached hydrogen (secondary N) is 1. The van der Waals surface area contributed by atoms with Gasteiger partial charge in [0.2, 0.25) is 0 Å². The van der Waals surface area contributed by atoms with Crippen LogP contribution in [0.15, 0.2) is 46.9 Å². The molecule has 5 heteroatoms. The molecule has 0 aliphatic carbocycles. The largest absolute Gasteiger partial charge is 0.346 e. The maximum atomic E-state index is 13.1. The summed E-state index contributed by atoms with van der Waals surface area (Å²) >= 11 is 9.03. The number of hydrogen-bond donors (Lipinski definition) is 1. The van der Waals surface area contributed by atoms with Crippen LogP contribution < -0.4 is 5.32 Å². The van der Waals surface area contributed by atoms with Crippen LogP contribution in [-0.2, 0) is 0 Å². The molecule has 1 unspecified atom stereocenters. The molecule has 0 radical (unpaired) electrons. The number of amides is 1. The fourth-order valence-electron chi connectivity index (χ4n) is 1.75. The molecule has 0 aliphatic heterocycles. The van der Waals surface area contributed by atoms with E-state index in [1.807, 2.05) is 31.2 Å². The van der Waals surface area contributed by atoms with Crippen molar-refractivity contribution in [2.45, 2.75) is 13.0 Å². The summed E-state index contributed by atoms with van der Waals surface area (Å²) in [7, 11) is 0. The average Bonchev–Trinajstić information content (AvgIpc) is 2.42. The summed E-state index contributed by atoms with van der Waals surface area (Å²) in [5, 5.41) is 2.78. The molecule has 2 nitrogen and oxygen atoms in total. The molecule has 1 atom stereocenters. The van der Waals surface area contributed by atoms with E-state index < -0.39 is 5.82 Å². The van der Waals surface area contributed by atoms with Gasteiger partial charge >= 0.3 is 0 Å². The molecule has 0 bridgehead atoms. The smallest absolute Gasteiger partial charge is 0.251 e. The predicted molar refractivity (Wildman–Crippen MR) is 81.4 cm³/mol. The molecule has 0 saturated carbocycles. The van der Waals surface area contributed by atoms with Crippen molar-refractivity contribution in [2.75, 3.05) is 0 Å². The minimum atomic E-state index is -0.538. The topological polar surface area (TPSA) is 29.1 Å². The molecule has 2 aromatic carbocycles. The maximum Gasteiger partial charge on any atom is 0.251 e. The van der Waals surface area contributed by atoms with Gasteiger partial charge in [-0.15, -0.1) is 0 Å². The van der Waals surface area contributed by atoms with Crippen LogP contribution in [0.25, 0.3) is 0 Å². The summed E-state index contributed by atoms with van der Waals surface area (Å²) in [6.07, 6.45) is 0. The number of rotatable bonds is 3. The molecule has 2 rings (SSSR count). The standard InChI is InChI=1S/C15H12BrClFNO/c1-9(10-2-5-12(16)6-3-10)19-15(20)11-4-7-14(18)13(17)8-11/h2-9H,1H3,(H,19,20). The Morgan fingerprint density at radius 1 is 1.25 bits per heavy atom. The fraction of sp³-hybridized carbons (Fsp3) is 0.133. The number of carbonyl (C=O) groups is 1. The van der Waals surface area contributed by atoms with Gasteiger partial charge in [-0.3, -0.25) is 4.79 Å². The molecule has 1 amide bonds. The Bertz CT molecular complexity index is 630. The Morgan fingerprint density at radius 3 is 2.50 bits per heavy atom. The minimum absolute atomic E-state index is 0.0612. The molecule has 0 spiro atoms. The van der Waals surface area contributed by atoms with Crippen molar-refractivity contribution in [3.63, 3.8) is 0 Å². The summed E-state index contributed by atoms with van der Waals surface area (Å²) < 4.78 is 14.0. The van der Waals surface area contributed by atoms with Crippen LogP contribution >= 0.6 is 27.5 Å². The van der Waals surface area contributed by atoms with Crippen LogP contribution in [0.1, 0.15) is 28.9 Å². The van der Waals surface area contributed by atoms with Crippen LogP contribution in [0.5, 0.6) is 0 Å². The summed E-state index contributed by atoms with van der Waals surface area (Å²) in [6.45, 7) is 1.88. The van der Waals surface area contributed by atoms with Crippen LogP contribution in [0.2, 0.25) is 5.02 Å². The second kappa shape index (κ2) is 6.37. The van der Waals surface area contributed by atoms with Crippen LogP contribution in [0.3, 0.4) is 0 Å². The lowest BCUT2D eigenvalue weighted by Crippen LogP contribution is -2.26. The lowest BCUT2D eigenvalue weighted by Gasteiger charge is -2.14. The van der Waals surface area contributed by atoms with Gasteiger partial charge in [-0.25, -0.2) is 4.39 Å². The normalized spacial score (nSPS) is 12.0. The fourth-order valence-corrected chi connectivity index (χ4v) is 2.20. The van der Waals surface area contributed by atoms with Gasteiger partial charge in [-0.2, -0.15) is 0 Å². The molecule has 1 N–H and O–H groups in total. The second-order valence-corrected chi connectivity index (χ2v) is 5.70. The molecule has 104 valence electrons. The van der Waals surface area contributed by atoms with Crippen molar-refractivity contribution in [2.24, 2.45) is 0 Å². The van der Waals surface area contributed by atoms with Crippen molar-refractivity contribution < 1.29 is 9.18 Å². The van der Waals surface area contributed by atoms with E-state index >= 15 is 0 Å². The molecule has 0 aliphatic rings. The molecular formula is C15H12BrClFNO. The second-order valence-electron chi connectivity index (χ2n) is 4.38. The van der Waals surface area contributed by atoms with Gasteiger partial charge in [0.15, 0.2) is 0 Å². The molecular weight excluding hydrogens is 345 g/mol. The van der Waals surface area contributed by atoms with E-state index in [2.05, 4.69) is 21.2 Å². The van der Waals surface area contributed by atoms with E-state index in [1.54, 1.807) is 0 Å². The van der Waals surface area contributed by atoms with Crippen molar-refractivity contribution >= 4 is 33.4 Å². The van der Waals surface area contributed by atoms with E-state index in [0.29, 0.717) is 5.56 Å². The third-order valence-electron chi connectivity index (χ3n) is 2.90. The Morgan fingerprint density at radius 2 is 1.90 bits per heavy atom. The van der Waals surface area contributed by atoms with E-state index in [0.717, 1.165) is 10.0 Å². The van der Waals surface area contributed by atoms with E-state index in [9.17, 15) is 9.18 Å². The quantitative estimate of drug-likeness (QED) is 0.846. The first-order valence-corrected chi connectivity index (χ1v) is 7.16. The highest BCUT2D eigenvalue weighted by atomic mass is 79.9. The van der Waals surface area contributed by atoms with Gasteiger partial charge in [-0.1, -0.05) is 39.7 Å². The maximum absolute atomic E-state index is 13.1. The van der Waals surface area contributed by atoms with Gasteiger partial charge < -0.3 is 5.32 Å². The van der Waals surface area contributed by atoms with Crippen LogP contribution in [-0.4, -0.2) is 5.91 Å². The number of carbonyl (C=O) groups excluding carboxylic acids is 1. The molecule has 2 aromatic rings. The molecule has 0 fully saturated rings. The molecule has 0 heterocycles. The third-order valence-corrected chi connectivity index (χ3v) is 3.72. The first-order valence-electron chi connectivity index (χ1n) is 5.99. The zero-order valence-electron chi connectivity index (χ0n) is 10.7. The Labute approximate surface area is 130 Å². The highest BCUT2D eigenvalue weighted by Crippen LogP contribution is 2.19. The van der Waals surface area contributed by atoms with E-state index in [1.165, 1.54) is 18.2 Å². The van der Waals surface area contributed by atoms with E-state index in [-0.39, 0.29) is 17.0 Å². The zero-order valence-corrected chi connectivity index (χ0v) is 13.0. The lowest BCUT2D eigenvalue weighted by atomic mass is 10.1. The van der Waals surface area contributed by atoms with Crippen molar-refractivity contribution in [1.29, 1.82) is 0 Å². The molecule has 20 heavy (non-hydrogen) atoms. The van der Waals surface area contributed by atoms with Crippen molar-refractivity contribution in [1.82, 2.24) is 5.32 Å².